The lowest BCUT2D eigenvalue weighted by Crippen LogP contribution is -2.37. The van der Waals surface area contributed by atoms with E-state index in [-0.39, 0.29) is 0 Å². The van der Waals surface area contributed by atoms with Gasteiger partial charge in [-0.25, -0.2) is 13.4 Å². The Bertz CT molecular complexity index is 1180. The smallest absolute Gasteiger partial charge is 0.243 e. The Balaban J connectivity index is 1.45. The van der Waals surface area contributed by atoms with Crippen LogP contribution in [0.4, 0.5) is 5.13 Å². The highest BCUT2D eigenvalue weighted by Gasteiger charge is 2.28. The first kappa shape index (κ1) is 22.4. The van der Waals surface area contributed by atoms with Crippen molar-refractivity contribution in [3.63, 3.8) is 0 Å². The van der Waals surface area contributed by atoms with Crippen molar-refractivity contribution in [2.75, 3.05) is 25.6 Å². The van der Waals surface area contributed by atoms with Crippen molar-refractivity contribution in [2.24, 2.45) is 11.0 Å². The summed E-state index contributed by atoms with van der Waals surface area (Å²) in [5, 5.41) is 6.74. The lowest BCUT2D eigenvalue weighted by Gasteiger charge is -2.29. The van der Waals surface area contributed by atoms with E-state index >= 15 is 0 Å². The number of sulfonamides is 1. The first-order valence-electron chi connectivity index (χ1n) is 10.4. The average Bonchev–Trinajstić information content (AvgIpc) is 3.29. The zero-order chi connectivity index (χ0) is 22.6. The van der Waals surface area contributed by atoms with Gasteiger partial charge in [0.05, 0.1) is 23.9 Å². The molecule has 1 saturated heterocycles. The van der Waals surface area contributed by atoms with Crippen LogP contribution in [0.25, 0.3) is 11.3 Å². The second-order valence-electron chi connectivity index (χ2n) is 7.80. The van der Waals surface area contributed by atoms with Crippen LogP contribution in [0.2, 0.25) is 0 Å². The van der Waals surface area contributed by atoms with Crippen LogP contribution < -0.4 is 10.2 Å². The lowest BCUT2D eigenvalue weighted by molar-refractivity contribution is 0.288. The molecule has 1 aliphatic heterocycles. The minimum Gasteiger partial charge on any atom is -0.497 e. The molecule has 168 valence electrons. The number of ether oxygens (including phenoxy) is 1. The fourth-order valence-electron chi connectivity index (χ4n) is 3.50. The maximum Gasteiger partial charge on any atom is 0.243 e. The van der Waals surface area contributed by atoms with Gasteiger partial charge in [-0.15, -0.1) is 11.3 Å². The van der Waals surface area contributed by atoms with Gasteiger partial charge in [0.1, 0.15) is 5.75 Å². The molecule has 2 aromatic carbocycles. The maximum atomic E-state index is 13.1. The topological polar surface area (TPSA) is 83.9 Å². The third-order valence-corrected chi connectivity index (χ3v) is 8.15. The standard InChI is InChI=1S/C23H26N4O3S2/c1-17-10-12-27(13-11-17)32(28,29)21-5-3-4-19(14-21)22-16-31-23(25-22)26-24-15-18-6-8-20(30-2)9-7-18/h3-9,14-17H,10-13H2,1-2H3,(H,25,26)/b24-15+. The van der Waals surface area contributed by atoms with E-state index in [1.165, 1.54) is 11.3 Å². The SMILES string of the molecule is COc1ccc(/C=N/Nc2nc(-c3cccc(S(=O)(=O)N4CCC(C)CC4)c3)cs2)cc1. The first-order chi connectivity index (χ1) is 15.5. The Morgan fingerprint density at radius 2 is 1.94 bits per heavy atom. The lowest BCUT2D eigenvalue weighted by atomic mass is 10.0. The summed E-state index contributed by atoms with van der Waals surface area (Å²) in [6, 6.07) is 14.6. The van der Waals surface area contributed by atoms with Crippen molar-refractivity contribution in [1.82, 2.24) is 9.29 Å². The predicted octanol–water partition coefficient (Wildman–Crippen LogP) is 4.69. The summed E-state index contributed by atoms with van der Waals surface area (Å²) in [6.45, 7) is 3.31. The number of hydrogen-bond acceptors (Lipinski definition) is 7. The Morgan fingerprint density at radius 1 is 1.19 bits per heavy atom. The zero-order valence-corrected chi connectivity index (χ0v) is 19.7. The Morgan fingerprint density at radius 3 is 2.66 bits per heavy atom. The highest BCUT2D eigenvalue weighted by molar-refractivity contribution is 7.89. The maximum absolute atomic E-state index is 13.1. The van der Waals surface area contributed by atoms with E-state index in [2.05, 4.69) is 22.4 Å². The molecule has 0 saturated carbocycles. The van der Waals surface area contributed by atoms with Crippen LogP contribution in [-0.4, -0.2) is 44.1 Å². The summed E-state index contributed by atoms with van der Waals surface area (Å²) in [4.78, 5) is 4.86. The molecule has 0 aliphatic carbocycles. The summed E-state index contributed by atoms with van der Waals surface area (Å²) in [5.41, 5.74) is 5.34. The summed E-state index contributed by atoms with van der Waals surface area (Å²) < 4.78 is 32.9. The number of nitrogens with one attached hydrogen (secondary N) is 1. The number of benzene rings is 2. The molecular formula is C23H26N4O3S2. The molecule has 3 aromatic rings. The monoisotopic (exact) mass is 470 g/mol. The van der Waals surface area contributed by atoms with Gasteiger partial charge in [0.25, 0.3) is 0 Å². The molecule has 2 heterocycles. The van der Waals surface area contributed by atoms with E-state index < -0.39 is 10.0 Å². The number of methoxy groups -OCH3 is 1. The number of piperidine rings is 1. The molecule has 0 amide bonds. The highest BCUT2D eigenvalue weighted by Crippen LogP contribution is 2.29. The van der Waals surface area contributed by atoms with Gasteiger partial charge in [-0.1, -0.05) is 19.1 Å². The molecule has 0 atom stereocenters. The fraction of sp³-hybridized carbons (Fsp3) is 0.304. The molecule has 1 N–H and O–H groups in total. The number of hydrogen-bond donors (Lipinski definition) is 1. The number of anilines is 1. The van der Waals surface area contributed by atoms with Crippen molar-refractivity contribution < 1.29 is 13.2 Å². The van der Waals surface area contributed by atoms with Gasteiger partial charge in [-0.3, -0.25) is 5.43 Å². The van der Waals surface area contributed by atoms with E-state index in [1.807, 2.05) is 35.7 Å². The van der Waals surface area contributed by atoms with Crippen LogP contribution in [-0.2, 0) is 10.0 Å². The average molecular weight is 471 g/mol. The van der Waals surface area contributed by atoms with E-state index in [0.29, 0.717) is 34.7 Å². The van der Waals surface area contributed by atoms with Crippen LogP contribution in [0.1, 0.15) is 25.3 Å². The second kappa shape index (κ2) is 9.81. The number of nitrogens with zero attached hydrogens (tertiary/aromatic N) is 3. The fourth-order valence-corrected chi connectivity index (χ4v) is 5.68. The molecule has 1 fully saturated rings. The van der Waals surface area contributed by atoms with E-state index in [9.17, 15) is 8.42 Å². The van der Waals surface area contributed by atoms with Gasteiger partial charge < -0.3 is 4.74 Å². The van der Waals surface area contributed by atoms with E-state index in [4.69, 9.17) is 4.74 Å². The summed E-state index contributed by atoms with van der Waals surface area (Å²) in [5.74, 6) is 1.36. The summed E-state index contributed by atoms with van der Waals surface area (Å²) >= 11 is 1.41. The van der Waals surface area contributed by atoms with Crippen LogP contribution in [0.15, 0.2) is 63.9 Å². The highest BCUT2D eigenvalue weighted by atomic mass is 32.2. The third-order valence-electron chi connectivity index (χ3n) is 5.50. The minimum absolute atomic E-state index is 0.310. The van der Waals surface area contributed by atoms with Crippen LogP contribution in [0, 0.1) is 5.92 Å². The number of aromatic nitrogens is 1. The Kier molecular flexibility index (Phi) is 6.88. The second-order valence-corrected chi connectivity index (χ2v) is 10.6. The number of thiazole rings is 1. The zero-order valence-electron chi connectivity index (χ0n) is 18.1. The first-order valence-corrected chi connectivity index (χ1v) is 12.8. The third kappa shape index (κ3) is 5.17. The molecular weight excluding hydrogens is 444 g/mol. The molecule has 1 aromatic heterocycles. The molecule has 0 radical (unpaired) electrons. The minimum atomic E-state index is -3.50. The quantitative estimate of drug-likeness (QED) is 0.400. The summed E-state index contributed by atoms with van der Waals surface area (Å²) in [7, 11) is -1.87. The molecule has 9 heteroatoms. The van der Waals surface area contributed by atoms with Crippen LogP contribution in [0.3, 0.4) is 0 Å². The van der Waals surface area contributed by atoms with Gasteiger partial charge in [0.15, 0.2) is 0 Å². The van der Waals surface area contributed by atoms with Gasteiger partial charge >= 0.3 is 0 Å². The van der Waals surface area contributed by atoms with Crippen LogP contribution >= 0.6 is 11.3 Å². The normalized spacial score (nSPS) is 15.8. The van der Waals surface area contributed by atoms with E-state index in [0.717, 1.165) is 29.7 Å². The molecule has 32 heavy (non-hydrogen) atoms. The van der Waals surface area contributed by atoms with Crippen LogP contribution in [0.5, 0.6) is 5.75 Å². The number of hydrazone groups is 1. The Hall–Kier alpha value is -2.75. The molecule has 7 nitrogen and oxygen atoms in total. The van der Waals surface area contributed by atoms with Gasteiger partial charge in [-0.05, 0) is 60.7 Å². The largest absolute Gasteiger partial charge is 0.497 e. The van der Waals surface area contributed by atoms with Crippen molar-refractivity contribution in [3.05, 3.63) is 59.5 Å². The molecule has 0 bridgehead atoms. The van der Waals surface area contributed by atoms with E-state index in [1.54, 1.807) is 35.8 Å². The molecule has 0 unspecified atom stereocenters. The summed E-state index contributed by atoms with van der Waals surface area (Å²) in [6.07, 6.45) is 3.50. The Labute approximate surface area is 192 Å². The van der Waals surface area contributed by atoms with Gasteiger partial charge in [-0.2, -0.15) is 9.41 Å². The van der Waals surface area contributed by atoms with Crippen molar-refractivity contribution in [1.29, 1.82) is 0 Å². The van der Waals surface area contributed by atoms with Gasteiger partial charge in [0.2, 0.25) is 15.2 Å². The van der Waals surface area contributed by atoms with Gasteiger partial charge in [0, 0.05) is 24.0 Å². The molecule has 4 rings (SSSR count). The number of rotatable bonds is 7. The predicted molar refractivity (Wildman–Crippen MR) is 129 cm³/mol. The molecule has 0 spiro atoms. The van der Waals surface area contributed by atoms with Crippen molar-refractivity contribution in [3.8, 4) is 17.0 Å². The van der Waals surface area contributed by atoms with Crippen molar-refractivity contribution >= 4 is 32.7 Å². The van der Waals surface area contributed by atoms with Crippen molar-refractivity contribution in [2.45, 2.75) is 24.7 Å². The molecule has 1 aliphatic rings.